The van der Waals surface area contributed by atoms with E-state index in [9.17, 15) is 14.7 Å². The number of aryl methyl sites for hydroxylation is 1. The molecule has 1 saturated heterocycles. The molecule has 3 heterocycles. The van der Waals surface area contributed by atoms with Crippen LogP contribution in [0.1, 0.15) is 69.7 Å². The van der Waals surface area contributed by atoms with Crippen molar-refractivity contribution in [1.29, 1.82) is 0 Å². The first-order valence-corrected chi connectivity index (χ1v) is 12.7. The van der Waals surface area contributed by atoms with Gasteiger partial charge in [-0.05, 0) is 24.0 Å². The van der Waals surface area contributed by atoms with Gasteiger partial charge in [0.2, 0.25) is 11.8 Å². The molecule has 9 heteroatoms. The molecule has 1 aliphatic heterocycles. The van der Waals surface area contributed by atoms with E-state index in [2.05, 4.69) is 15.6 Å². The summed E-state index contributed by atoms with van der Waals surface area (Å²) in [6, 6.07) is 8.83. The van der Waals surface area contributed by atoms with Gasteiger partial charge in [-0.3, -0.25) is 9.59 Å². The number of β-amino-alcohol motifs (C(OH)–C–C–N with tert-alkyl or cyclic N) is 1. The standard InChI is InChI=1S/C28H36N4O5/c1-16(2)25(23-12-24(31-37-23)28(4,5)6)27(35)32-14-20(33)11-22(32)26(34)29-13-18-7-9-19(10-8-18)21-15-36-30-17(21)3/h7-10,12,15-16,20,22,25,33H,11,13-14H2,1-6H3,(H,29,34). The summed E-state index contributed by atoms with van der Waals surface area (Å²) >= 11 is 0. The van der Waals surface area contributed by atoms with Gasteiger partial charge in [-0.25, -0.2) is 0 Å². The number of likely N-dealkylation sites (tertiary alicyclic amines) is 1. The first-order valence-electron chi connectivity index (χ1n) is 12.7. The maximum atomic E-state index is 13.7. The number of nitrogens with one attached hydrogen (secondary N) is 1. The molecule has 37 heavy (non-hydrogen) atoms. The van der Waals surface area contributed by atoms with Gasteiger partial charge in [-0.15, -0.1) is 0 Å². The van der Waals surface area contributed by atoms with Gasteiger partial charge in [0.15, 0.2) is 0 Å². The van der Waals surface area contributed by atoms with Crippen molar-refractivity contribution in [1.82, 2.24) is 20.5 Å². The van der Waals surface area contributed by atoms with E-state index in [1.807, 2.05) is 71.9 Å². The van der Waals surface area contributed by atoms with E-state index in [-0.39, 0.29) is 36.1 Å². The molecule has 3 unspecified atom stereocenters. The number of aromatic nitrogens is 2. The number of rotatable bonds is 7. The van der Waals surface area contributed by atoms with Crippen LogP contribution in [0.15, 0.2) is 45.6 Å². The minimum absolute atomic E-state index is 0.0812. The third-order valence-electron chi connectivity index (χ3n) is 6.88. The second-order valence-electron chi connectivity index (χ2n) is 11.2. The fraction of sp³-hybridized carbons (Fsp3) is 0.500. The van der Waals surface area contributed by atoms with Gasteiger partial charge < -0.3 is 24.4 Å². The highest BCUT2D eigenvalue weighted by atomic mass is 16.5. The summed E-state index contributed by atoms with van der Waals surface area (Å²) in [6.07, 6.45) is 1.03. The Hall–Kier alpha value is -3.46. The Morgan fingerprint density at radius 2 is 1.89 bits per heavy atom. The molecule has 2 N–H and O–H groups in total. The molecule has 1 aromatic carbocycles. The largest absolute Gasteiger partial charge is 0.391 e. The molecule has 3 atom stereocenters. The molecule has 2 amide bonds. The summed E-state index contributed by atoms with van der Waals surface area (Å²) in [6.45, 7) is 12.3. The van der Waals surface area contributed by atoms with Gasteiger partial charge in [0.25, 0.3) is 0 Å². The van der Waals surface area contributed by atoms with E-state index in [4.69, 9.17) is 9.05 Å². The minimum Gasteiger partial charge on any atom is -0.391 e. The Labute approximate surface area is 217 Å². The number of aliphatic hydroxyl groups is 1. The first-order chi connectivity index (χ1) is 17.5. The van der Waals surface area contributed by atoms with Crippen LogP contribution in [0.4, 0.5) is 0 Å². The van der Waals surface area contributed by atoms with E-state index in [0.717, 1.165) is 28.1 Å². The van der Waals surface area contributed by atoms with Crippen molar-refractivity contribution in [3.63, 3.8) is 0 Å². The number of hydrogen-bond donors (Lipinski definition) is 2. The summed E-state index contributed by atoms with van der Waals surface area (Å²) in [5.41, 5.74) is 4.17. The summed E-state index contributed by atoms with van der Waals surface area (Å²) in [5.74, 6) is -0.732. The number of nitrogens with zero attached hydrogens (tertiary/aromatic N) is 3. The van der Waals surface area contributed by atoms with Crippen LogP contribution in [0.3, 0.4) is 0 Å². The van der Waals surface area contributed by atoms with E-state index in [1.54, 1.807) is 6.26 Å². The molecule has 0 aliphatic carbocycles. The van der Waals surface area contributed by atoms with E-state index >= 15 is 0 Å². The molecule has 0 saturated carbocycles. The molecule has 2 aromatic heterocycles. The number of amides is 2. The smallest absolute Gasteiger partial charge is 0.243 e. The van der Waals surface area contributed by atoms with Crippen molar-refractivity contribution in [2.24, 2.45) is 5.92 Å². The van der Waals surface area contributed by atoms with Crippen molar-refractivity contribution in [2.75, 3.05) is 6.54 Å². The van der Waals surface area contributed by atoms with Crippen molar-refractivity contribution in [2.45, 2.75) is 78.0 Å². The Kier molecular flexibility index (Phi) is 7.54. The van der Waals surface area contributed by atoms with Crippen LogP contribution in [0.2, 0.25) is 0 Å². The third-order valence-corrected chi connectivity index (χ3v) is 6.88. The van der Waals surface area contributed by atoms with E-state index in [1.165, 1.54) is 4.90 Å². The minimum atomic E-state index is -0.765. The number of carbonyl (C=O) groups excluding carboxylic acids is 2. The highest BCUT2D eigenvalue weighted by molar-refractivity contribution is 5.91. The monoisotopic (exact) mass is 508 g/mol. The van der Waals surface area contributed by atoms with Gasteiger partial charge in [-0.2, -0.15) is 0 Å². The fourth-order valence-corrected chi connectivity index (χ4v) is 4.69. The van der Waals surface area contributed by atoms with Crippen molar-refractivity contribution < 1.29 is 23.7 Å². The molecule has 198 valence electrons. The molecular formula is C28H36N4O5. The predicted octanol–water partition coefficient (Wildman–Crippen LogP) is 3.95. The lowest BCUT2D eigenvalue weighted by Crippen LogP contribution is -2.48. The maximum Gasteiger partial charge on any atom is 0.243 e. The zero-order valence-electron chi connectivity index (χ0n) is 22.3. The molecule has 4 rings (SSSR count). The number of carbonyl (C=O) groups is 2. The molecule has 0 radical (unpaired) electrons. The SMILES string of the molecule is Cc1nocc1-c1ccc(CNC(=O)C2CC(O)CN2C(=O)C(c2cc(C(C)(C)C)no2)C(C)C)cc1. The highest BCUT2D eigenvalue weighted by Gasteiger charge is 2.43. The number of aliphatic hydroxyl groups excluding tert-OH is 1. The summed E-state index contributed by atoms with van der Waals surface area (Å²) < 4.78 is 10.6. The second kappa shape index (κ2) is 10.5. The van der Waals surface area contributed by atoms with E-state index < -0.39 is 18.1 Å². The zero-order valence-corrected chi connectivity index (χ0v) is 22.3. The van der Waals surface area contributed by atoms with Crippen LogP contribution in [0, 0.1) is 12.8 Å². The van der Waals surface area contributed by atoms with Crippen LogP contribution < -0.4 is 5.32 Å². The summed E-state index contributed by atoms with van der Waals surface area (Å²) in [4.78, 5) is 28.3. The van der Waals surface area contributed by atoms with Crippen LogP contribution in [0.5, 0.6) is 0 Å². The third kappa shape index (κ3) is 5.77. The molecule has 1 fully saturated rings. The van der Waals surface area contributed by atoms with Crippen LogP contribution in [-0.4, -0.2) is 50.8 Å². The molecule has 3 aromatic rings. The fourth-order valence-electron chi connectivity index (χ4n) is 4.69. The van der Waals surface area contributed by atoms with Gasteiger partial charge in [0, 0.05) is 36.6 Å². The van der Waals surface area contributed by atoms with Crippen molar-refractivity contribution >= 4 is 11.8 Å². The first kappa shape index (κ1) is 26.6. The Balaban J connectivity index is 1.45. The Bertz CT molecular complexity index is 1240. The van der Waals surface area contributed by atoms with Crippen molar-refractivity contribution in [3.05, 3.63) is 59.3 Å². The average Bonchev–Trinajstić information content (AvgIpc) is 3.57. The normalized spacial score (nSPS) is 18.9. The topological polar surface area (TPSA) is 122 Å². The molecule has 0 spiro atoms. The number of benzene rings is 1. The predicted molar refractivity (Wildman–Crippen MR) is 137 cm³/mol. The van der Waals surface area contributed by atoms with E-state index in [0.29, 0.717) is 12.3 Å². The summed E-state index contributed by atoms with van der Waals surface area (Å²) in [5, 5.41) is 21.4. The molecule has 9 nitrogen and oxygen atoms in total. The lowest BCUT2D eigenvalue weighted by Gasteiger charge is -2.28. The molecular weight excluding hydrogens is 472 g/mol. The van der Waals surface area contributed by atoms with Crippen LogP contribution >= 0.6 is 0 Å². The Morgan fingerprint density at radius 1 is 1.19 bits per heavy atom. The second-order valence-corrected chi connectivity index (χ2v) is 11.2. The lowest BCUT2D eigenvalue weighted by atomic mass is 9.88. The molecule has 1 aliphatic rings. The van der Waals surface area contributed by atoms with Crippen LogP contribution in [0.25, 0.3) is 11.1 Å². The van der Waals surface area contributed by atoms with Gasteiger partial charge >= 0.3 is 0 Å². The maximum absolute atomic E-state index is 13.7. The van der Waals surface area contributed by atoms with Gasteiger partial charge in [0.05, 0.1) is 17.5 Å². The van der Waals surface area contributed by atoms with Gasteiger partial charge in [-0.1, -0.05) is 69.2 Å². The summed E-state index contributed by atoms with van der Waals surface area (Å²) in [7, 11) is 0. The average molecular weight is 509 g/mol. The Morgan fingerprint density at radius 3 is 2.46 bits per heavy atom. The molecule has 0 bridgehead atoms. The quantitative estimate of drug-likeness (QED) is 0.495. The van der Waals surface area contributed by atoms with Gasteiger partial charge in [0.1, 0.15) is 24.0 Å². The highest BCUT2D eigenvalue weighted by Crippen LogP contribution is 2.33. The van der Waals surface area contributed by atoms with Crippen LogP contribution in [-0.2, 0) is 21.5 Å². The van der Waals surface area contributed by atoms with Crippen molar-refractivity contribution in [3.8, 4) is 11.1 Å². The zero-order chi connectivity index (χ0) is 26.9. The lowest BCUT2D eigenvalue weighted by molar-refractivity contribution is -0.141. The number of hydrogen-bond acceptors (Lipinski definition) is 7.